The Morgan fingerprint density at radius 1 is 1.43 bits per heavy atom. The molecule has 3 heteroatoms. The fourth-order valence-electron chi connectivity index (χ4n) is 3.15. The van der Waals surface area contributed by atoms with Gasteiger partial charge in [-0.15, -0.1) is 0 Å². The van der Waals surface area contributed by atoms with Crippen LogP contribution in [0.1, 0.15) is 50.7 Å². The van der Waals surface area contributed by atoms with Crippen LogP contribution in [-0.4, -0.2) is 30.4 Å². The van der Waals surface area contributed by atoms with Crippen molar-refractivity contribution >= 4 is 11.6 Å². The van der Waals surface area contributed by atoms with E-state index in [1.165, 1.54) is 18.4 Å². The van der Waals surface area contributed by atoms with Gasteiger partial charge in [0.2, 0.25) is 5.91 Å². The number of carbonyl (C=O) groups is 1. The minimum Gasteiger partial charge on any atom is -0.324 e. The van der Waals surface area contributed by atoms with Gasteiger partial charge in [0.15, 0.2) is 0 Å². The van der Waals surface area contributed by atoms with E-state index in [2.05, 4.69) is 56.1 Å². The zero-order valence-electron chi connectivity index (χ0n) is 13.8. The topological polar surface area (TPSA) is 32.3 Å². The number of amides is 1. The van der Waals surface area contributed by atoms with Crippen LogP contribution in [0.25, 0.3) is 0 Å². The summed E-state index contributed by atoms with van der Waals surface area (Å²) in [6.45, 7) is 11.2. The lowest BCUT2D eigenvalue weighted by atomic mass is 9.98. The third-order valence-electron chi connectivity index (χ3n) is 4.30. The van der Waals surface area contributed by atoms with Crippen LogP contribution < -0.4 is 5.32 Å². The Hall–Kier alpha value is -1.35. The maximum absolute atomic E-state index is 12.4. The first-order valence-electron chi connectivity index (χ1n) is 8.09. The Labute approximate surface area is 128 Å². The molecule has 0 saturated carbocycles. The lowest BCUT2D eigenvalue weighted by Gasteiger charge is -2.30. The Kier molecular flexibility index (Phi) is 5.40. The van der Waals surface area contributed by atoms with E-state index in [0.717, 1.165) is 24.3 Å². The van der Waals surface area contributed by atoms with E-state index >= 15 is 0 Å². The van der Waals surface area contributed by atoms with Gasteiger partial charge in [-0.2, -0.15) is 0 Å². The number of piperidine rings is 1. The van der Waals surface area contributed by atoms with Gasteiger partial charge in [-0.3, -0.25) is 9.69 Å². The number of hydrogen-bond donors (Lipinski definition) is 1. The molecule has 3 nitrogen and oxygen atoms in total. The zero-order valence-corrected chi connectivity index (χ0v) is 13.8. The van der Waals surface area contributed by atoms with Gasteiger partial charge in [0, 0.05) is 12.2 Å². The summed E-state index contributed by atoms with van der Waals surface area (Å²) in [5.41, 5.74) is 3.36. The van der Waals surface area contributed by atoms with Crippen LogP contribution >= 0.6 is 0 Å². The van der Waals surface area contributed by atoms with Crippen LogP contribution in [0.4, 0.5) is 5.69 Å². The van der Waals surface area contributed by atoms with Crippen molar-refractivity contribution in [3.63, 3.8) is 0 Å². The average molecular weight is 288 g/mol. The molecule has 2 rings (SSSR count). The molecule has 21 heavy (non-hydrogen) atoms. The van der Waals surface area contributed by atoms with Gasteiger partial charge in [-0.05, 0) is 49.3 Å². The van der Waals surface area contributed by atoms with Gasteiger partial charge >= 0.3 is 0 Å². The first kappa shape index (κ1) is 16.0. The minimum atomic E-state index is 0.111. The molecule has 1 aromatic rings. The molecular formula is C18H28N2O. The van der Waals surface area contributed by atoms with Crippen LogP contribution in [-0.2, 0) is 4.79 Å². The van der Waals surface area contributed by atoms with E-state index in [4.69, 9.17) is 0 Å². The number of benzene rings is 1. The van der Waals surface area contributed by atoms with Crippen molar-refractivity contribution < 1.29 is 4.79 Å². The maximum atomic E-state index is 12.4. The molecule has 0 aromatic heterocycles. The summed E-state index contributed by atoms with van der Waals surface area (Å²) in [4.78, 5) is 14.6. The number of para-hydroxylation sites is 1. The summed E-state index contributed by atoms with van der Waals surface area (Å²) in [5.74, 6) is 1.23. The second-order valence-corrected chi connectivity index (χ2v) is 6.72. The number of likely N-dealkylation sites (tertiary alicyclic amines) is 1. The molecular weight excluding hydrogens is 260 g/mol. The van der Waals surface area contributed by atoms with Crippen LogP contribution in [0.3, 0.4) is 0 Å². The number of aryl methyl sites for hydroxylation is 1. The third kappa shape index (κ3) is 4.31. The highest BCUT2D eigenvalue weighted by Crippen LogP contribution is 2.27. The van der Waals surface area contributed by atoms with Crippen molar-refractivity contribution in [3.8, 4) is 0 Å². The molecule has 0 bridgehead atoms. The SMILES string of the molecule is Cc1cccc(C(C)C)c1NC(=O)CN1CCCC(C)C1. The van der Waals surface area contributed by atoms with Crippen LogP contribution in [0, 0.1) is 12.8 Å². The molecule has 1 fully saturated rings. The van der Waals surface area contributed by atoms with Crippen molar-refractivity contribution in [2.45, 2.75) is 46.5 Å². The lowest BCUT2D eigenvalue weighted by molar-refractivity contribution is -0.117. The van der Waals surface area contributed by atoms with E-state index < -0.39 is 0 Å². The highest BCUT2D eigenvalue weighted by atomic mass is 16.2. The van der Waals surface area contributed by atoms with Crippen molar-refractivity contribution in [2.24, 2.45) is 5.92 Å². The Bertz CT molecular complexity index is 496. The molecule has 1 N–H and O–H groups in total. The summed E-state index contributed by atoms with van der Waals surface area (Å²) < 4.78 is 0. The Balaban J connectivity index is 2.02. The first-order chi connectivity index (χ1) is 9.97. The van der Waals surface area contributed by atoms with Gasteiger partial charge in [-0.1, -0.05) is 39.0 Å². The Morgan fingerprint density at radius 2 is 2.19 bits per heavy atom. The fraction of sp³-hybridized carbons (Fsp3) is 0.611. The standard InChI is InChI=1S/C18H28N2O/c1-13(2)16-9-5-8-15(4)18(16)19-17(21)12-20-10-6-7-14(3)11-20/h5,8-9,13-14H,6-7,10-12H2,1-4H3,(H,19,21). The quantitative estimate of drug-likeness (QED) is 0.914. The first-order valence-corrected chi connectivity index (χ1v) is 8.09. The molecule has 1 amide bonds. The lowest BCUT2D eigenvalue weighted by Crippen LogP contribution is -2.39. The summed E-state index contributed by atoms with van der Waals surface area (Å²) >= 11 is 0. The van der Waals surface area contributed by atoms with E-state index in [-0.39, 0.29) is 5.91 Å². The average Bonchev–Trinajstić information content (AvgIpc) is 2.40. The van der Waals surface area contributed by atoms with Crippen LogP contribution in [0.15, 0.2) is 18.2 Å². The van der Waals surface area contributed by atoms with Crippen molar-refractivity contribution in [1.29, 1.82) is 0 Å². The van der Waals surface area contributed by atoms with Crippen LogP contribution in [0.2, 0.25) is 0 Å². The number of nitrogens with zero attached hydrogens (tertiary/aromatic N) is 1. The molecule has 1 aliphatic heterocycles. The summed E-state index contributed by atoms with van der Waals surface area (Å²) in [7, 11) is 0. The normalized spacial score (nSPS) is 19.8. The number of rotatable bonds is 4. The van der Waals surface area contributed by atoms with Gasteiger partial charge in [0.25, 0.3) is 0 Å². The molecule has 1 saturated heterocycles. The van der Waals surface area contributed by atoms with Gasteiger partial charge in [0.1, 0.15) is 0 Å². The smallest absolute Gasteiger partial charge is 0.238 e. The zero-order chi connectivity index (χ0) is 15.4. The fourth-order valence-corrected chi connectivity index (χ4v) is 3.15. The number of carbonyl (C=O) groups excluding carboxylic acids is 1. The predicted molar refractivity (Wildman–Crippen MR) is 88.7 cm³/mol. The molecule has 1 aromatic carbocycles. The number of hydrogen-bond acceptors (Lipinski definition) is 2. The minimum absolute atomic E-state index is 0.111. The van der Waals surface area contributed by atoms with Crippen LogP contribution in [0.5, 0.6) is 0 Å². The second kappa shape index (κ2) is 7.08. The molecule has 0 aliphatic carbocycles. The predicted octanol–water partition coefficient (Wildman–Crippen LogP) is 3.79. The van der Waals surface area contributed by atoms with Gasteiger partial charge < -0.3 is 5.32 Å². The van der Waals surface area contributed by atoms with Gasteiger partial charge in [0.05, 0.1) is 6.54 Å². The molecule has 0 spiro atoms. The molecule has 1 atom stereocenters. The van der Waals surface area contributed by atoms with E-state index in [1.54, 1.807) is 0 Å². The monoisotopic (exact) mass is 288 g/mol. The molecule has 116 valence electrons. The highest BCUT2D eigenvalue weighted by Gasteiger charge is 2.19. The number of anilines is 1. The van der Waals surface area contributed by atoms with Crippen molar-refractivity contribution in [1.82, 2.24) is 4.90 Å². The van der Waals surface area contributed by atoms with E-state index in [1.807, 2.05) is 0 Å². The summed E-state index contributed by atoms with van der Waals surface area (Å²) in [5, 5.41) is 3.14. The Morgan fingerprint density at radius 3 is 2.86 bits per heavy atom. The molecule has 0 radical (unpaired) electrons. The molecule has 1 heterocycles. The molecule has 1 unspecified atom stereocenters. The number of nitrogens with one attached hydrogen (secondary N) is 1. The maximum Gasteiger partial charge on any atom is 0.238 e. The summed E-state index contributed by atoms with van der Waals surface area (Å²) in [6.07, 6.45) is 2.49. The largest absolute Gasteiger partial charge is 0.324 e. The van der Waals surface area contributed by atoms with E-state index in [9.17, 15) is 4.79 Å². The third-order valence-corrected chi connectivity index (χ3v) is 4.30. The van der Waals surface area contributed by atoms with Gasteiger partial charge in [-0.25, -0.2) is 0 Å². The summed E-state index contributed by atoms with van der Waals surface area (Å²) in [6, 6.07) is 6.23. The molecule has 1 aliphatic rings. The van der Waals surface area contributed by atoms with Crippen molar-refractivity contribution in [2.75, 3.05) is 25.0 Å². The van der Waals surface area contributed by atoms with E-state index in [0.29, 0.717) is 18.4 Å². The second-order valence-electron chi connectivity index (χ2n) is 6.72. The highest BCUT2D eigenvalue weighted by molar-refractivity contribution is 5.93. The van der Waals surface area contributed by atoms with Crippen molar-refractivity contribution in [3.05, 3.63) is 29.3 Å².